The molecule has 0 aromatic carbocycles. The van der Waals surface area contributed by atoms with Gasteiger partial charge in [-0.05, 0) is 12.3 Å². The monoisotopic (exact) mass is 334 g/mol. The number of hydrogen-bond acceptors (Lipinski definition) is 6. The molecule has 1 aliphatic rings. The Morgan fingerprint density at radius 1 is 0.870 bits per heavy atom. The van der Waals surface area contributed by atoms with E-state index in [4.69, 9.17) is 14.6 Å². The molecule has 1 rings (SSSR count). The van der Waals surface area contributed by atoms with Crippen LogP contribution in [0.15, 0.2) is 0 Å². The summed E-state index contributed by atoms with van der Waals surface area (Å²) in [5.41, 5.74) is 0. The molecule has 6 heteroatoms. The third kappa shape index (κ3) is 7.45. The maximum Gasteiger partial charge on any atom is 0.186 e. The summed E-state index contributed by atoms with van der Waals surface area (Å²) in [5.74, 6) is 0.780. The van der Waals surface area contributed by atoms with Crippen molar-refractivity contribution in [3.63, 3.8) is 0 Å². The summed E-state index contributed by atoms with van der Waals surface area (Å²) in [6.07, 6.45) is 2.25. The molecular formula is C17H34O6. The van der Waals surface area contributed by atoms with Crippen molar-refractivity contribution >= 4 is 0 Å². The van der Waals surface area contributed by atoms with E-state index in [9.17, 15) is 15.3 Å². The van der Waals surface area contributed by atoms with Crippen molar-refractivity contribution in [2.45, 2.75) is 89.5 Å². The Kier molecular flexibility index (Phi) is 10.3. The van der Waals surface area contributed by atoms with Crippen molar-refractivity contribution in [1.29, 1.82) is 0 Å². The molecule has 0 aliphatic carbocycles. The van der Waals surface area contributed by atoms with Crippen LogP contribution in [0.3, 0.4) is 0 Å². The molecule has 138 valence electrons. The van der Waals surface area contributed by atoms with E-state index in [1.165, 1.54) is 25.7 Å². The van der Waals surface area contributed by atoms with Crippen LogP contribution in [0.25, 0.3) is 0 Å². The Balaban J connectivity index is 2.08. The third-order valence-corrected chi connectivity index (χ3v) is 4.31. The van der Waals surface area contributed by atoms with Crippen LogP contribution < -0.4 is 0 Å². The van der Waals surface area contributed by atoms with Gasteiger partial charge in [0.15, 0.2) is 6.29 Å². The molecule has 4 N–H and O–H groups in total. The van der Waals surface area contributed by atoms with Crippen LogP contribution in [0.1, 0.15) is 58.8 Å². The van der Waals surface area contributed by atoms with E-state index in [-0.39, 0.29) is 0 Å². The van der Waals surface area contributed by atoms with Crippen LogP contribution in [-0.2, 0) is 9.47 Å². The van der Waals surface area contributed by atoms with E-state index in [2.05, 4.69) is 13.8 Å². The molecule has 0 spiro atoms. The third-order valence-electron chi connectivity index (χ3n) is 4.31. The number of hydrogen-bond donors (Lipinski definition) is 4. The number of rotatable bonds is 11. The molecule has 0 radical (unpaired) electrons. The maximum atomic E-state index is 9.82. The second-order valence-electron chi connectivity index (χ2n) is 6.87. The SMILES string of the molecule is CC(C)CCCCCCCCOC1O[C@H](CO)[C@@H](O)[C@H](O)[C@H]1O. The van der Waals surface area contributed by atoms with Gasteiger partial charge in [0.1, 0.15) is 24.4 Å². The predicted octanol–water partition coefficient (Wildman–Crippen LogP) is 1.19. The van der Waals surface area contributed by atoms with Gasteiger partial charge in [-0.25, -0.2) is 0 Å². The van der Waals surface area contributed by atoms with Gasteiger partial charge in [-0.2, -0.15) is 0 Å². The lowest BCUT2D eigenvalue weighted by atomic mass is 9.99. The zero-order chi connectivity index (χ0) is 17.2. The number of aliphatic hydroxyl groups is 4. The van der Waals surface area contributed by atoms with Crippen LogP contribution >= 0.6 is 0 Å². The normalized spacial score (nSPS) is 31.7. The smallest absolute Gasteiger partial charge is 0.186 e. The van der Waals surface area contributed by atoms with Crippen molar-refractivity contribution < 1.29 is 29.9 Å². The lowest BCUT2D eigenvalue weighted by Gasteiger charge is -2.39. The minimum atomic E-state index is -1.37. The fraction of sp³-hybridized carbons (Fsp3) is 1.00. The lowest BCUT2D eigenvalue weighted by molar-refractivity contribution is -0.301. The number of unbranched alkanes of at least 4 members (excludes halogenated alkanes) is 5. The highest BCUT2D eigenvalue weighted by Crippen LogP contribution is 2.22. The molecule has 0 aromatic rings. The average molecular weight is 334 g/mol. The van der Waals surface area contributed by atoms with Crippen LogP contribution in [-0.4, -0.2) is 64.3 Å². The predicted molar refractivity (Wildman–Crippen MR) is 86.9 cm³/mol. The van der Waals surface area contributed by atoms with Gasteiger partial charge in [0.25, 0.3) is 0 Å². The Bertz CT molecular complexity index is 297. The summed E-state index contributed by atoms with van der Waals surface area (Å²) in [6.45, 7) is 4.49. The van der Waals surface area contributed by atoms with Gasteiger partial charge < -0.3 is 29.9 Å². The van der Waals surface area contributed by atoms with Gasteiger partial charge >= 0.3 is 0 Å². The summed E-state index contributed by atoms with van der Waals surface area (Å²) in [5, 5.41) is 38.3. The molecule has 0 aromatic heterocycles. The second kappa shape index (κ2) is 11.3. The van der Waals surface area contributed by atoms with E-state index in [0.717, 1.165) is 25.2 Å². The molecule has 5 atom stereocenters. The van der Waals surface area contributed by atoms with Crippen LogP contribution in [0.2, 0.25) is 0 Å². The summed E-state index contributed by atoms with van der Waals surface area (Å²) < 4.78 is 10.7. The molecule has 1 aliphatic heterocycles. The first kappa shape index (κ1) is 20.8. The quantitative estimate of drug-likeness (QED) is 0.424. The standard InChI is InChI=1S/C17H34O6/c1-12(2)9-7-5-3-4-6-8-10-22-17-16(21)15(20)14(19)13(11-18)23-17/h12-21H,3-11H2,1-2H3/t13-,14-,15+,16-,17?/m1/s1. The largest absolute Gasteiger partial charge is 0.394 e. The Morgan fingerprint density at radius 3 is 2.09 bits per heavy atom. The van der Waals surface area contributed by atoms with Crippen molar-refractivity contribution in [2.75, 3.05) is 13.2 Å². The van der Waals surface area contributed by atoms with Crippen molar-refractivity contribution in [3.05, 3.63) is 0 Å². The zero-order valence-corrected chi connectivity index (χ0v) is 14.4. The maximum absolute atomic E-state index is 9.82. The molecule has 1 heterocycles. The fourth-order valence-corrected chi connectivity index (χ4v) is 2.77. The highest BCUT2D eigenvalue weighted by atomic mass is 16.7. The number of ether oxygens (including phenoxy) is 2. The summed E-state index contributed by atoms with van der Waals surface area (Å²) in [6, 6.07) is 0. The van der Waals surface area contributed by atoms with Crippen molar-refractivity contribution in [2.24, 2.45) is 5.92 Å². The van der Waals surface area contributed by atoms with Crippen LogP contribution in [0.4, 0.5) is 0 Å². The molecule has 1 unspecified atom stereocenters. The molecule has 1 saturated heterocycles. The Hall–Kier alpha value is -0.240. The van der Waals surface area contributed by atoms with Gasteiger partial charge in [-0.1, -0.05) is 52.4 Å². The minimum Gasteiger partial charge on any atom is -0.394 e. The lowest BCUT2D eigenvalue weighted by Crippen LogP contribution is -2.59. The van der Waals surface area contributed by atoms with Gasteiger partial charge in [0.2, 0.25) is 0 Å². The Labute approximate surface area is 139 Å². The van der Waals surface area contributed by atoms with Crippen molar-refractivity contribution in [3.8, 4) is 0 Å². The first-order valence-corrected chi connectivity index (χ1v) is 8.89. The summed E-state index contributed by atoms with van der Waals surface area (Å²) in [7, 11) is 0. The Morgan fingerprint density at radius 2 is 1.48 bits per heavy atom. The van der Waals surface area contributed by atoms with E-state index in [0.29, 0.717) is 6.61 Å². The molecule has 6 nitrogen and oxygen atoms in total. The second-order valence-corrected chi connectivity index (χ2v) is 6.87. The van der Waals surface area contributed by atoms with Gasteiger partial charge in [0.05, 0.1) is 6.61 Å². The van der Waals surface area contributed by atoms with Gasteiger partial charge in [0, 0.05) is 6.61 Å². The molecule has 0 saturated carbocycles. The summed E-state index contributed by atoms with van der Waals surface area (Å²) >= 11 is 0. The number of aliphatic hydroxyl groups excluding tert-OH is 4. The molecule has 0 bridgehead atoms. The van der Waals surface area contributed by atoms with E-state index >= 15 is 0 Å². The van der Waals surface area contributed by atoms with E-state index in [1.807, 2.05) is 0 Å². The topological polar surface area (TPSA) is 99.4 Å². The summed E-state index contributed by atoms with van der Waals surface area (Å²) in [4.78, 5) is 0. The molecule has 23 heavy (non-hydrogen) atoms. The van der Waals surface area contributed by atoms with E-state index in [1.54, 1.807) is 0 Å². The highest BCUT2D eigenvalue weighted by molar-refractivity contribution is 4.88. The van der Waals surface area contributed by atoms with Gasteiger partial charge in [-0.15, -0.1) is 0 Å². The first-order chi connectivity index (χ1) is 11.0. The molecular weight excluding hydrogens is 300 g/mol. The first-order valence-electron chi connectivity index (χ1n) is 8.89. The minimum absolute atomic E-state index is 0.425. The zero-order valence-electron chi connectivity index (χ0n) is 14.4. The highest BCUT2D eigenvalue weighted by Gasteiger charge is 2.43. The van der Waals surface area contributed by atoms with Crippen LogP contribution in [0.5, 0.6) is 0 Å². The van der Waals surface area contributed by atoms with E-state index < -0.39 is 37.3 Å². The fourth-order valence-electron chi connectivity index (χ4n) is 2.77. The van der Waals surface area contributed by atoms with Crippen molar-refractivity contribution in [1.82, 2.24) is 0 Å². The van der Waals surface area contributed by atoms with Gasteiger partial charge in [-0.3, -0.25) is 0 Å². The average Bonchev–Trinajstić information content (AvgIpc) is 2.52. The van der Waals surface area contributed by atoms with Crippen LogP contribution in [0, 0.1) is 5.92 Å². The molecule has 0 amide bonds. The molecule has 1 fully saturated rings.